The van der Waals surface area contributed by atoms with Gasteiger partial charge in [-0.25, -0.2) is 0 Å². The minimum atomic E-state index is -4.37. The monoisotopic (exact) mass is 332 g/mol. The number of anilines is 1. The van der Waals surface area contributed by atoms with Gasteiger partial charge >= 0.3 is 6.18 Å². The van der Waals surface area contributed by atoms with E-state index in [0.717, 1.165) is 11.8 Å². The third-order valence-electron chi connectivity index (χ3n) is 2.80. The summed E-state index contributed by atoms with van der Waals surface area (Å²) in [6.07, 6.45) is -2.52. The molecule has 1 N–H and O–H groups in total. The van der Waals surface area contributed by atoms with Gasteiger partial charge in [0.1, 0.15) is 0 Å². The molecule has 0 radical (unpaired) electrons. The van der Waals surface area contributed by atoms with E-state index in [-0.39, 0.29) is 5.69 Å². The number of aryl methyl sites for hydroxylation is 1. The molecule has 2 nitrogen and oxygen atoms in total. The molecule has 0 aliphatic rings. The lowest BCUT2D eigenvalue weighted by Gasteiger charge is -2.15. The molecular formula is C13H12BrF3N2. The molecule has 0 saturated heterocycles. The van der Waals surface area contributed by atoms with Crippen LogP contribution in [-0.4, -0.2) is 4.57 Å². The van der Waals surface area contributed by atoms with Crippen LogP contribution in [0.25, 0.3) is 0 Å². The quantitative estimate of drug-likeness (QED) is 0.880. The summed E-state index contributed by atoms with van der Waals surface area (Å²) >= 11 is 3.06. The molecule has 0 unspecified atom stereocenters. The Hall–Kier alpha value is -1.43. The number of hydrogen-bond donors (Lipinski definition) is 1. The molecule has 0 aliphatic heterocycles. The fraction of sp³-hybridized carbons (Fsp3) is 0.231. The minimum absolute atomic E-state index is 0.0805. The summed E-state index contributed by atoms with van der Waals surface area (Å²) in [6, 6.07) is 7.80. The Kier molecular flexibility index (Phi) is 3.89. The van der Waals surface area contributed by atoms with Crippen LogP contribution >= 0.6 is 15.9 Å². The summed E-state index contributed by atoms with van der Waals surface area (Å²) in [7, 11) is 1.85. The molecule has 102 valence electrons. The van der Waals surface area contributed by atoms with Crippen LogP contribution in [0, 0.1) is 0 Å². The topological polar surface area (TPSA) is 17.0 Å². The predicted octanol–water partition coefficient (Wildman–Crippen LogP) is 4.42. The lowest BCUT2D eigenvalue weighted by molar-refractivity contribution is -0.137. The van der Waals surface area contributed by atoms with Crippen molar-refractivity contribution in [2.24, 2.45) is 7.05 Å². The van der Waals surface area contributed by atoms with E-state index in [1.807, 2.05) is 29.9 Å². The molecule has 1 heterocycles. The number of nitrogens with zero attached hydrogens (tertiary/aromatic N) is 1. The van der Waals surface area contributed by atoms with Crippen molar-refractivity contribution in [2.45, 2.75) is 12.7 Å². The zero-order valence-electron chi connectivity index (χ0n) is 10.1. The number of hydrogen-bond acceptors (Lipinski definition) is 1. The van der Waals surface area contributed by atoms with Gasteiger partial charge in [0, 0.05) is 29.1 Å². The van der Waals surface area contributed by atoms with E-state index >= 15 is 0 Å². The van der Waals surface area contributed by atoms with Gasteiger partial charge in [-0.05, 0) is 30.3 Å². The Balaban J connectivity index is 2.23. The third kappa shape index (κ3) is 3.32. The Morgan fingerprint density at radius 1 is 1.26 bits per heavy atom. The van der Waals surface area contributed by atoms with E-state index in [9.17, 15) is 13.2 Å². The lowest BCUT2D eigenvalue weighted by Crippen LogP contribution is -2.12. The van der Waals surface area contributed by atoms with Gasteiger partial charge in [-0.15, -0.1) is 0 Å². The summed E-state index contributed by atoms with van der Waals surface area (Å²) in [6.45, 7) is 0.341. The Morgan fingerprint density at radius 3 is 2.58 bits per heavy atom. The van der Waals surface area contributed by atoms with Gasteiger partial charge in [0.25, 0.3) is 0 Å². The maximum Gasteiger partial charge on any atom is 0.418 e. The second-order valence-corrected chi connectivity index (χ2v) is 5.07. The Morgan fingerprint density at radius 2 is 2.00 bits per heavy atom. The van der Waals surface area contributed by atoms with Crippen molar-refractivity contribution in [3.63, 3.8) is 0 Å². The highest BCUT2D eigenvalue weighted by molar-refractivity contribution is 9.10. The third-order valence-corrected chi connectivity index (χ3v) is 3.29. The van der Waals surface area contributed by atoms with Gasteiger partial charge < -0.3 is 9.88 Å². The number of rotatable bonds is 3. The summed E-state index contributed by atoms with van der Waals surface area (Å²) in [5.41, 5.74) is 0.323. The van der Waals surface area contributed by atoms with Crippen LogP contribution in [0.4, 0.5) is 18.9 Å². The number of halogens is 4. The second-order valence-electron chi connectivity index (χ2n) is 4.15. The lowest BCUT2D eigenvalue weighted by atomic mass is 10.1. The highest BCUT2D eigenvalue weighted by Crippen LogP contribution is 2.36. The van der Waals surface area contributed by atoms with E-state index in [1.54, 1.807) is 6.07 Å². The second kappa shape index (κ2) is 5.28. The first-order valence-corrected chi connectivity index (χ1v) is 6.38. The minimum Gasteiger partial charge on any atom is -0.379 e. The van der Waals surface area contributed by atoms with Crippen LogP contribution in [0.1, 0.15) is 11.3 Å². The molecule has 0 aliphatic carbocycles. The van der Waals surface area contributed by atoms with Gasteiger partial charge in [-0.1, -0.05) is 15.9 Å². The molecule has 0 spiro atoms. The van der Waals surface area contributed by atoms with E-state index in [4.69, 9.17) is 0 Å². The van der Waals surface area contributed by atoms with Gasteiger partial charge in [0.2, 0.25) is 0 Å². The predicted molar refractivity (Wildman–Crippen MR) is 71.9 cm³/mol. The van der Waals surface area contributed by atoms with Gasteiger partial charge in [-0.2, -0.15) is 13.2 Å². The average Bonchev–Trinajstić information content (AvgIpc) is 2.72. The van der Waals surface area contributed by atoms with E-state index in [2.05, 4.69) is 21.2 Å². The largest absolute Gasteiger partial charge is 0.418 e. The van der Waals surface area contributed by atoms with Crippen LogP contribution in [0.5, 0.6) is 0 Å². The smallest absolute Gasteiger partial charge is 0.379 e. The fourth-order valence-corrected chi connectivity index (χ4v) is 2.13. The molecule has 0 saturated carbocycles. The average molecular weight is 333 g/mol. The Bertz CT molecular complexity index is 576. The molecule has 1 aromatic heterocycles. The van der Waals surface area contributed by atoms with Crippen molar-refractivity contribution in [1.82, 2.24) is 4.57 Å². The normalized spacial score (nSPS) is 11.6. The van der Waals surface area contributed by atoms with Gasteiger partial charge in [-0.3, -0.25) is 0 Å². The van der Waals surface area contributed by atoms with Crippen LogP contribution in [0.3, 0.4) is 0 Å². The van der Waals surface area contributed by atoms with Crippen molar-refractivity contribution in [3.8, 4) is 0 Å². The van der Waals surface area contributed by atoms with Crippen LogP contribution < -0.4 is 5.32 Å². The highest BCUT2D eigenvalue weighted by atomic mass is 79.9. The van der Waals surface area contributed by atoms with Crippen LogP contribution in [0.2, 0.25) is 0 Å². The summed E-state index contributed by atoms with van der Waals surface area (Å²) < 4.78 is 41.0. The molecule has 0 amide bonds. The highest BCUT2D eigenvalue weighted by Gasteiger charge is 2.33. The summed E-state index contributed by atoms with van der Waals surface area (Å²) in [5, 5.41) is 2.83. The SMILES string of the molecule is Cn1cccc1CNc1ccc(Br)cc1C(F)(F)F. The van der Waals surface area contributed by atoms with Crippen molar-refractivity contribution in [2.75, 3.05) is 5.32 Å². The maximum absolute atomic E-state index is 12.9. The van der Waals surface area contributed by atoms with Gasteiger partial charge in [0.05, 0.1) is 12.1 Å². The maximum atomic E-state index is 12.9. The summed E-state index contributed by atoms with van der Waals surface area (Å²) in [5.74, 6) is 0. The molecule has 0 fully saturated rings. The standard InChI is InChI=1S/C13H12BrF3N2/c1-19-6-2-3-10(19)8-18-12-5-4-9(14)7-11(12)13(15,16)17/h2-7,18H,8H2,1H3. The number of benzene rings is 1. The van der Waals surface area contributed by atoms with Gasteiger partial charge in [0.15, 0.2) is 0 Å². The molecule has 0 atom stereocenters. The van der Waals surface area contributed by atoms with E-state index in [1.165, 1.54) is 6.07 Å². The van der Waals surface area contributed by atoms with Crippen molar-refractivity contribution in [1.29, 1.82) is 0 Å². The zero-order valence-corrected chi connectivity index (χ0v) is 11.7. The van der Waals surface area contributed by atoms with E-state index < -0.39 is 11.7 Å². The molecule has 19 heavy (non-hydrogen) atoms. The zero-order chi connectivity index (χ0) is 14.0. The van der Waals surface area contributed by atoms with Crippen molar-refractivity contribution >= 4 is 21.6 Å². The Labute approximate surface area is 117 Å². The molecule has 0 bridgehead atoms. The number of nitrogens with one attached hydrogen (secondary N) is 1. The van der Waals surface area contributed by atoms with Crippen molar-refractivity contribution < 1.29 is 13.2 Å². The van der Waals surface area contributed by atoms with Crippen LogP contribution in [0.15, 0.2) is 41.0 Å². The van der Waals surface area contributed by atoms with Crippen LogP contribution in [-0.2, 0) is 19.8 Å². The first kappa shape index (κ1) is 14.0. The number of alkyl halides is 3. The molecular weight excluding hydrogens is 321 g/mol. The molecule has 2 rings (SSSR count). The number of aromatic nitrogens is 1. The summed E-state index contributed by atoms with van der Waals surface area (Å²) in [4.78, 5) is 0. The first-order chi connectivity index (χ1) is 8.88. The molecule has 2 aromatic rings. The fourth-order valence-electron chi connectivity index (χ4n) is 1.77. The first-order valence-electron chi connectivity index (χ1n) is 5.59. The van der Waals surface area contributed by atoms with Crippen molar-refractivity contribution in [3.05, 3.63) is 52.3 Å². The van der Waals surface area contributed by atoms with E-state index in [0.29, 0.717) is 11.0 Å². The molecule has 1 aromatic carbocycles. The molecule has 6 heteroatoms.